The molecule has 164 valence electrons. The Morgan fingerprint density at radius 2 is 1.81 bits per heavy atom. The molecule has 0 N–H and O–H groups in total. The summed E-state index contributed by atoms with van der Waals surface area (Å²) in [5.41, 5.74) is 1.60. The molecule has 0 unspecified atom stereocenters. The van der Waals surface area contributed by atoms with Crippen LogP contribution in [0.4, 0.5) is 5.82 Å². The number of nitrogens with zero attached hydrogens (tertiary/aromatic N) is 4. The van der Waals surface area contributed by atoms with Gasteiger partial charge in [0.1, 0.15) is 11.6 Å². The van der Waals surface area contributed by atoms with Gasteiger partial charge in [0.15, 0.2) is 0 Å². The first-order valence-electron chi connectivity index (χ1n) is 10.6. The van der Waals surface area contributed by atoms with Gasteiger partial charge in [0.25, 0.3) is 5.91 Å². The number of morpholine rings is 1. The van der Waals surface area contributed by atoms with Crippen LogP contribution >= 0.6 is 0 Å². The third-order valence-corrected chi connectivity index (χ3v) is 5.90. The lowest BCUT2D eigenvalue weighted by Gasteiger charge is -2.41. The molecule has 8 nitrogen and oxygen atoms in total. The molecule has 4 rings (SSSR count). The number of pyridine rings is 1. The van der Waals surface area contributed by atoms with E-state index in [0.29, 0.717) is 38.4 Å². The summed E-state index contributed by atoms with van der Waals surface area (Å²) in [4.78, 5) is 35.8. The fraction of sp³-hybridized carbons (Fsp3) is 0.435. The van der Waals surface area contributed by atoms with Gasteiger partial charge in [-0.05, 0) is 29.8 Å². The van der Waals surface area contributed by atoms with E-state index in [1.807, 2.05) is 40.1 Å². The third kappa shape index (κ3) is 4.64. The Bertz CT molecular complexity index is 927. The second-order valence-corrected chi connectivity index (χ2v) is 7.75. The average Bonchev–Trinajstić information content (AvgIpc) is 2.84. The van der Waals surface area contributed by atoms with Gasteiger partial charge in [0.05, 0.1) is 26.4 Å². The van der Waals surface area contributed by atoms with Crippen molar-refractivity contribution in [3.8, 4) is 5.75 Å². The summed E-state index contributed by atoms with van der Waals surface area (Å²) in [6.45, 7) is 5.88. The fourth-order valence-electron chi connectivity index (χ4n) is 4.16. The van der Waals surface area contributed by atoms with Crippen LogP contribution in [0.2, 0.25) is 0 Å². The maximum atomic E-state index is 13.3. The molecule has 0 bridgehead atoms. The summed E-state index contributed by atoms with van der Waals surface area (Å²) in [5.74, 6) is 1.52. The highest BCUT2D eigenvalue weighted by Crippen LogP contribution is 2.28. The van der Waals surface area contributed by atoms with Crippen molar-refractivity contribution in [2.45, 2.75) is 13.0 Å². The first-order chi connectivity index (χ1) is 15.1. The van der Waals surface area contributed by atoms with E-state index >= 15 is 0 Å². The van der Waals surface area contributed by atoms with Crippen LogP contribution < -0.4 is 9.64 Å². The second kappa shape index (κ2) is 9.34. The van der Waals surface area contributed by atoms with Crippen molar-refractivity contribution in [1.82, 2.24) is 14.8 Å². The van der Waals surface area contributed by atoms with Gasteiger partial charge in [-0.1, -0.05) is 12.1 Å². The number of hydrogen-bond donors (Lipinski definition) is 0. The van der Waals surface area contributed by atoms with Crippen molar-refractivity contribution in [3.05, 3.63) is 53.7 Å². The highest BCUT2D eigenvalue weighted by Gasteiger charge is 2.32. The van der Waals surface area contributed by atoms with Crippen LogP contribution in [0.25, 0.3) is 0 Å². The van der Waals surface area contributed by atoms with Gasteiger partial charge in [0.2, 0.25) is 5.91 Å². The molecular weight excluding hydrogens is 396 g/mol. The van der Waals surface area contributed by atoms with Gasteiger partial charge in [-0.25, -0.2) is 4.98 Å². The molecule has 1 aromatic heterocycles. The van der Waals surface area contributed by atoms with E-state index in [9.17, 15) is 9.59 Å². The Labute approximate surface area is 182 Å². The number of benzene rings is 1. The SMILES string of the molecule is COc1ccc([C@@H]2CN(C(=O)c3ccnc(N4CCOCC4)c3)CCN2C(C)=O)cc1. The van der Waals surface area contributed by atoms with E-state index in [4.69, 9.17) is 9.47 Å². The van der Waals surface area contributed by atoms with E-state index in [-0.39, 0.29) is 17.9 Å². The molecule has 2 aliphatic rings. The Hall–Kier alpha value is -3.13. The van der Waals surface area contributed by atoms with E-state index < -0.39 is 0 Å². The van der Waals surface area contributed by atoms with Crippen molar-refractivity contribution >= 4 is 17.6 Å². The highest BCUT2D eigenvalue weighted by atomic mass is 16.5. The summed E-state index contributed by atoms with van der Waals surface area (Å²) in [6, 6.07) is 11.1. The van der Waals surface area contributed by atoms with Crippen molar-refractivity contribution in [2.75, 3.05) is 57.9 Å². The lowest BCUT2D eigenvalue weighted by atomic mass is 10.0. The van der Waals surface area contributed by atoms with Crippen LogP contribution in [0.5, 0.6) is 5.75 Å². The summed E-state index contributed by atoms with van der Waals surface area (Å²) in [5, 5.41) is 0. The zero-order valence-electron chi connectivity index (χ0n) is 18.0. The molecule has 2 saturated heterocycles. The van der Waals surface area contributed by atoms with E-state index in [2.05, 4.69) is 9.88 Å². The van der Waals surface area contributed by atoms with Gasteiger partial charge in [-0.15, -0.1) is 0 Å². The third-order valence-electron chi connectivity index (χ3n) is 5.90. The number of ether oxygens (including phenoxy) is 2. The largest absolute Gasteiger partial charge is 0.497 e. The smallest absolute Gasteiger partial charge is 0.254 e. The predicted octanol–water partition coefficient (Wildman–Crippen LogP) is 1.97. The zero-order chi connectivity index (χ0) is 21.8. The van der Waals surface area contributed by atoms with Gasteiger partial charge in [-0.2, -0.15) is 0 Å². The number of piperazine rings is 1. The monoisotopic (exact) mass is 424 g/mol. The number of aromatic nitrogens is 1. The van der Waals surface area contributed by atoms with E-state index in [0.717, 1.165) is 30.2 Å². The van der Waals surface area contributed by atoms with Crippen LogP contribution in [0.15, 0.2) is 42.6 Å². The Balaban J connectivity index is 1.54. The first kappa shape index (κ1) is 21.1. The number of methoxy groups -OCH3 is 1. The molecule has 2 amide bonds. The van der Waals surface area contributed by atoms with Crippen LogP contribution in [0, 0.1) is 0 Å². The molecule has 1 aromatic carbocycles. The Kier molecular flexibility index (Phi) is 6.36. The molecule has 2 aromatic rings. The van der Waals surface area contributed by atoms with Crippen molar-refractivity contribution in [2.24, 2.45) is 0 Å². The molecule has 2 aliphatic heterocycles. The normalized spacial score (nSPS) is 19.3. The summed E-state index contributed by atoms with van der Waals surface area (Å²) >= 11 is 0. The fourth-order valence-corrected chi connectivity index (χ4v) is 4.16. The average molecular weight is 425 g/mol. The zero-order valence-corrected chi connectivity index (χ0v) is 18.0. The van der Waals surface area contributed by atoms with E-state index in [1.54, 1.807) is 26.3 Å². The molecular formula is C23H28N4O4. The molecule has 0 saturated carbocycles. The minimum atomic E-state index is -0.193. The molecule has 0 radical (unpaired) electrons. The lowest BCUT2D eigenvalue weighted by Crippen LogP contribution is -2.51. The minimum absolute atomic E-state index is 0.00596. The van der Waals surface area contributed by atoms with Crippen molar-refractivity contribution < 1.29 is 19.1 Å². The summed E-state index contributed by atoms with van der Waals surface area (Å²) in [7, 11) is 1.62. The number of anilines is 1. The molecule has 31 heavy (non-hydrogen) atoms. The number of carbonyl (C=O) groups is 2. The van der Waals surface area contributed by atoms with Crippen LogP contribution in [-0.4, -0.2) is 79.6 Å². The molecule has 2 fully saturated rings. The van der Waals surface area contributed by atoms with Crippen LogP contribution in [0.3, 0.4) is 0 Å². The number of carbonyl (C=O) groups excluding carboxylic acids is 2. The maximum absolute atomic E-state index is 13.3. The molecule has 8 heteroatoms. The molecule has 0 spiro atoms. The van der Waals surface area contributed by atoms with Gasteiger partial charge < -0.3 is 24.2 Å². The number of rotatable bonds is 4. The topological polar surface area (TPSA) is 75.2 Å². The Morgan fingerprint density at radius 3 is 2.48 bits per heavy atom. The summed E-state index contributed by atoms with van der Waals surface area (Å²) < 4.78 is 10.7. The summed E-state index contributed by atoms with van der Waals surface area (Å²) in [6.07, 6.45) is 1.69. The highest BCUT2D eigenvalue weighted by molar-refractivity contribution is 5.95. The quantitative estimate of drug-likeness (QED) is 0.747. The van der Waals surface area contributed by atoms with Gasteiger partial charge in [0, 0.05) is 51.4 Å². The number of amides is 2. The first-order valence-corrected chi connectivity index (χ1v) is 10.6. The molecule has 3 heterocycles. The van der Waals surface area contributed by atoms with Crippen LogP contribution in [0.1, 0.15) is 28.9 Å². The van der Waals surface area contributed by atoms with E-state index in [1.165, 1.54) is 0 Å². The van der Waals surface area contributed by atoms with Gasteiger partial charge in [-0.3, -0.25) is 9.59 Å². The number of hydrogen-bond acceptors (Lipinski definition) is 6. The maximum Gasteiger partial charge on any atom is 0.254 e. The predicted molar refractivity (Wildman–Crippen MR) is 116 cm³/mol. The second-order valence-electron chi connectivity index (χ2n) is 7.75. The van der Waals surface area contributed by atoms with Crippen molar-refractivity contribution in [1.29, 1.82) is 0 Å². The van der Waals surface area contributed by atoms with Gasteiger partial charge >= 0.3 is 0 Å². The Morgan fingerprint density at radius 1 is 1.06 bits per heavy atom. The standard InChI is InChI=1S/C23H28N4O4/c1-17(28)27-10-9-26(16-21(27)18-3-5-20(30-2)6-4-18)23(29)19-7-8-24-22(15-19)25-11-13-31-14-12-25/h3-8,15,21H,9-14,16H2,1-2H3/t21-/m0/s1. The van der Waals surface area contributed by atoms with Crippen molar-refractivity contribution in [3.63, 3.8) is 0 Å². The minimum Gasteiger partial charge on any atom is -0.497 e. The van der Waals surface area contributed by atoms with Crippen LogP contribution in [-0.2, 0) is 9.53 Å². The molecule has 0 aliphatic carbocycles. The molecule has 1 atom stereocenters. The lowest BCUT2D eigenvalue weighted by molar-refractivity contribution is -0.133.